The van der Waals surface area contributed by atoms with E-state index < -0.39 is 0 Å². The minimum absolute atomic E-state index is 0.173. The molecular formula is C19H22N6OS. The fourth-order valence-electron chi connectivity index (χ4n) is 3.04. The summed E-state index contributed by atoms with van der Waals surface area (Å²) in [6, 6.07) is 12.1. The first-order valence-electron chi connectivity index (χ1n) is 8.95. The Kier molecular flexibility index (Phi) is 4.91. The van der Waals surface area contributed by atoms with Crippen LogP contribution < -0.4 is 20.9 Å². The molecule has 2 amide bonds. The number of fused-ring (bicyclic) bond motifs is 1. The highest BCUT2D eigenvalue weighted by molar-refractivity contribution is 7.22. The molecule has 0 aliphatic carbocycles. The number of amides is 2. The van der Waals surface area contributed by atoms with Crippen LogP contribution in [0.4, 0.5) is 21.4 Å². The van der Waals surface area contributed by atoms with Crippen molar-refractivity contribution < 1.29 is 4.79 Å². The Morgan fingerprint density at radius 2 is 2.04 bits per heavy atom. The van der Waals surface area contributed by atoms with Gasteiger partial charge in [0.05, 0.1) is 0 Å². The van der Waals surface area contributed by atoms with Crippen LogP contribution in [0.3, 0.4) is 0 Å². The molecule has 1 aromatic carbocycles. The second-order valence-corrected chi connectivity index (χ2v) is 7.67. The molecule has 7 nitrogen and oxygen atoms in total. The number of carbonyl (C=O) groups excluding carboxylic acids is 1. The summed E-state index contributed by atoms with van der Waals surface area (Å²) in [5.41, 5.74) is 3.07. The lowest BCUT2D eigenvalue weighted by molar-refractivity contribution is 0.249. The summed E-state index contributed by atoms with van der Waals surface area (Å²) in [6.45, 7) is 3.82. The molecule has 27 heavy (non-hydrogen) atoms. The Morgan fingerprint density at radius 3 is 2.78 bits per heavy atom. The minimum atomic E-state index is -0.222. The highest BCUT2D eigenvalue weighted by Crippen LogP contribution is 2.29. The molecular weight excluding hydrogens is 360 g/mol. The maximum absolute atomic E-state index is 12.1. The van der Waals surface area contributed by atoms with Gasteiger partial charge in [0, 0.05) is 25.3 Å². The molecule has 4 rings (SSSR count). The molecule has 1 fully saturated rings. The van der Waals surface area contributed by atoms with Crippen molar-refractivity contribution in [3.63, 3.8) is 0 Å². The molecule has 1 saturated heterocycles. The normalized spacial score (nSPS) is 16.4. The molecule has 1 aliphatic rings. The molecule has 0 spiro atoms. The number of aromatic nitrogens is 2. The van der Waals surface area contributed by atoms with Gasteiger partial charge >= 0.3 is 6.03 Å². The van der Waals surface area contributed by atoms with E-state index in [-0.39, 0.29) is 12.1 Å². The SMILES string of the molecule is Cc1ccc(N(C)c2ccc3nc(NC(=O)N[C@H]4CCNC4)sc3n2)cc1. The number of nitrogens with zero attached hydrogens (tertiary/aromatic N) is 3. The van der Waals surface area contributed by atoms with Gasteiger partial charge in [-0.25, -0.2) is 14.8 Å². The van der Waals surface area contributed by atoms with E-state index in [1.165, 1.54) is 16.9 Å². The lowest BCUT2D eigenvalue weighted by Gasteiger charge is -2.18. The third-order valence-corrected chi connectivity index (χ3v) is 5.50. The van der Waals surface area contributed by atoms with E-state index in [4.69, 9.17) is 4.98 Å². The summed E-state index contributed by atoms with van der Waals surface area (Å²) in [5.74, 6) is 0.836. The number of hydrogen-bond acceptors (Lipinski definition) is 6. The Labute approximate surface area is 161 Å². The van der Waals surface area contributed by atoms with Crippen molar-refractivity contribution in [2.24, 2.45) is 0 Å². The predicted molar refractivity (Wildman–Crippen MR) is 110 cm³/mol. The Morgan fingerprint density at radius 1 is 1.22 bits per heavy atom. The number of hydrogen-bond donors (Lipinski definition) is 3. The molecule has 140 valence electrons. The molecule has 0 radical (unpaired) electrons. The van der Waals surface area contributed by atoms with Gasteiger partial charge < -0.3 is 15.5 Å². The van der Waals surface area contributed by atoms with Crippen LogP contribution in [0.25, 0.3) is 10.3 Å². The zero-order valence-corrected chi connectivity index (χ0v) is 16.1. The number of carbonyl (C=O) groups is 1. The van der Waals surface area contributed by atoms with Crippen LogP contribution in [-0.2, 0) is 0 Å². The second kappa shape index (κ2) is 7.50. The predicted octanol–water partition coefficient (Wildman–Crippen LogP) is 3.25. The summed E-state index contributed by atoms with van der Waals surface area (Å²) in [6.07, 6.45) is 0.948. The molecule has 0 bridgehead atoms. The second-order valence-electron chi connectivity index (χ2n) is 6.70. The number of nitrogens with one attached hydrogen (secondary N) is 3. The Bertz CT molecular complexity index is 948. The monoisotopic (exact) mass is 382 g/mol. The van der Waals surface area contributed by atoms with Gasteiger partial charge in [0.1, 0.15) is 16.2 Å². The number of rotatable bonds is 4. The number of pyridine rings is 1. The molecule has 1 atom stereocenters. The number of aryl methyl sites for hydroxylation is 1. The number of anilines is 3. The minimum Gasteiger partial charge on any atom is -0.334 e. The fourth-order valence-corrected chi connectivity index (χ4v) is 3.87. The van der Waals surface area contributed by atoms with Crippen molar-refractivity contribution in [2.45, 2.75) is 19.4 Å². The van der Waals surface area contributed by atoms with Crippen LogP contribution in [0.2, 0.25) is 0 Å². The maximum Gasteiger partial charge on any atom is 0.321 e. The van der Waals surface area contributed by atoms with E-state index in [0.717, 1.165) is 41.4 Å². The molecule has 3 heterocycles. The number of thiazole rings is 1. The lowest BCUT2D eigenvalue weighted by atomic mass is 10.2. The highest BCUT2D eigenvalue weighted by atomic mass is 32.1. The van der Waals surface area contributed by atoms with Crippen molar-refractivity contribution in [3.05, 3.63) is 42.0 Å². The summed E-state index contributed by atoms with van der Waals surface area (Å²) < 4.78 is 0. The van der Waals surface area contributed by atoms with Crippen LogP contribution in [0, 0.1) is 6.92 Å². The van der Waals surface area contributed by atoms with Gasteiger partial charge in [-0.2, -0.15) is 0 Å². The van der Waals surface area contributed by atoms with Gasteiger partial charge in [-0.3, -0.25) is 5.32 Å². The molecule has 3 aromatic rings. The van der Waals surface area contributed by atoms with E-state index >= 15 is 0 Å². The molecule has 3 N–H and O–H groups in total. The zero-order chi connectivity index (χ0) is 18.8. The first-order valence-corrected chi connectivity index (χ1v) is 9.76. The van der Waals surface area contributed by atoms with E-state index in [1.807, 2.05) is 24.1 Å². The van der Waals surface area contributed by atoms with Crippen LogP contribution >= 0.6 is 11.3 Å². The first kappa shape index (κ1) is 17.7. The largest absolute Gasteiger partial charge is 0.334 e. The third-order valence-electron chi connectivity index (χ3n) is 4.62. The van der Waals surface area contributed by atoms with Gasteiger partial charge in [-0.1, -0.05) is 29.0 Å². The van der Waals surface area contributed by atoms with E-state index in [1.54, 1.807) is 0 Å². The van der Waals surface area contributed by atoms with Crippen molar-refractivity contribution in [1.29, 1.82) is 0 Å². The molecule has 2 aromatic heterocycles. The molecule has 0 saturated carbocycles. The Hall–Kier alpha value is -2.71. The first-order chi connectivity index (χ1) is 13.1. The van der Waals surface area contributed by atoms with Gasteiger partial charge in [0.15, 0.2) is 5.13 Å². The van der Waals surface area contributed by atoms with Gasteiger partial charge in [0.2, 0.25) is 0 Å². The summed E-state index contributed by atoms with van der Waals surface area (Å²) >= 11 is 1.38. The average molecular weight is 382 g/mol. The molecule has 8 heteroatoms. The summed E-state index contributed by atoms with van der Waals surface area (Å²) in [7, 11) is 1.99. The van der Waals surface area contributed by atoms with Gasteiger partial charge in [0.25, 0.3) is 0 Å². The smallest absolute Gasteiger partial charge is 0.321 e. The van der Waals surface area contributed by atoms with Gasteiger partial charge in [-0.15, -0.1) is 0 Å². The Balaban J connectivity index is 1.49. The third kappa shape index (κ3) is 4.01. The topological polar surface area (TPSA) is 82.2 Å². The lowest BCUT2D eigenvalue weighted by Crippen LogP contribution is -2.39. The van der Waals surface area contributed by atoms with E-state index in [9.17, 15) is 4.79 Å². The van der Waals surface area contributed by atoms with Crippen molar-refractivity contribution in [2.75, 3.05) is 30.4 Å². The maximum atomic E-state index is 12.1. The standard InChI is InChI=1S/C19H22N6OS/c1-12-3-5-14(6-4-12)25(2)16-8-7-15-17(23-16)27-19(22-15)24-18(26)21-13-9-10-20-11-13/h3-8,13,20H,9-11H2,1-2H3,(H2,21,22,24,26)/t13-/m0/s1. The van der Waals surface area contributed by atoms with E-state index in [2.05, 4.69) is 52.1 Å². The van der Waals surface area contributed by atoms with Gasteiger partial charge in [-0.05, 0) is 44.2 Å². The molecule has 0 unspecified atom stereocenters. The van der Waals surface area contributed by atoms with Crippen molar-refractivity contribution >= 4 is 44.4 Å². The van der Waals surface area contributed by atoms with Crippen molar-refractivity contribution in [1.82, 2.24) is 20.6 Å². The molecule has 1 aliphatic heterocycles. The van der Waals surface area contributed by atoms with E-state index in [0.29, 0.717) is 5.13 Å². The fraction of sp³-hybridized carbons (Fsp3) is 0.316. The van der Waals surface area contributed by atoms with Crippen molar-refractivity contribution in [3.8, 4) is 0 Å². The summed E-state index contributed by atoms with van der Waals surface area (Å²) in [4.78, 5) is 24.1. The van der Waals surface area contributed by atoms with Crippen LogP contribution in [0.1, 0.15) is 12.0 Å². The average Bonchev–Trinajstić information content (AvgIpc) is 3.30. The van der Waals surface area contributed by atoms with Crippen LogP contribution in [0.15, 0.2) is 36.4 Å². The number of benzene rings is 1. The quantitative estimate of drug-likeness (QED) is 0.645. The summed E-state index contributed by atoms with van der Waals surface area (Å²) in [5, 5.41) is 9.55. The van der Waals surface area contributed by atoms with Crippen LogP contribution in [0.5, 0.6) is 0 Å². The zero-order valence-electron chi connectivity index (χ0n) is 15.3. The highest BCUT2D eigenvalue weighted by Gasteiger charge is 2.17. The van der Waals surface area contributed by atoms with Crippen LogP contribution in [-0.4, -0.2) is 42.2 Å². The number of urea groups is 1.